The molecule has 5 rings (SSSR count). The Labute approximate surface area is 194 Å². The van der Waals surface area contributed by atoms with Gasteiger partial charge in [0.2, 0.25) is 0 Å². The lowest BCUT2D eigenvalue weighted by molar-refractivity contribution is 0.0734. The van der Waals surface area contributed by atoms with E-state index in [0.717, 1.165) is 49.2 Å². The molecule has 1 unspecified atom stereocenters. The Balaban J connectivity index is 0.00000245. The number of nitrogens with zero attached hydrogens (tertiary/aromatic N) is 1. The Bertz CT molecular complexity index is 1150. The van der Waals surface area contributed by atoms with Crippen molar-refractivity contribution in [3.63, 3.8) is 0 Å². The summed E-state index contributed by atoms with van der Waals surface area (Å²) in [4.78, 5) is 14.8. The SMILES string of the molecule is Cl.O=C(Oc1cccc(C2CCCN(Cc3cc4ccccc4o3)C2)c1)c1ccccc1. The monoisotopic (exact) mass is 447 g/mol. The minimum absolute atomic E-state index is 0. The zero-order chi connectivity index (χ0) is 21.0. The fourth-order valence-corrected chi connectivity index (χ4v) is 4.38. The van der Waals surface area contributed by atoms with Gasteiger partial charge in [-0.2, -0.15) is 0 Å². The minimum Gasteiger partial charge on any atom is -0.460 e. The highest BCUT2D eigenvalue weighted by atomic mass is 35.5. The molecule has 2 heterocycles. The summed E-state index contributed by atoms with van der Waals surface area (Å²) in [7, 11) is 0. The van der Waals surface area contributed by atoms with Crippen LogP contribution in [-0.4, -0.2) is 24.0 Å². The van der Waals surface area contributed by atoms with Gasteiger partial charge in [0.15, 0.2) is 0 Å². The van der Waals surface area contributed by atoms with E-state index >= 15 is 0 Å². The summed E-state index contributed by atoms with van der Waals surface area (Å²) in [5, 5.41) is 1.15. The van der Waals surface area contributed by atoms with Crippen LogP contribution in [0.15, 0.2) is 89.3 Å². The van der Waals surface area contributed by atoms with Crippen molar-refractivity contribution in [2.75, 3.05) is 13.1 Å². The average Bonchev–Trinajstić information content (AvgIpc) is 3.22. The highest BCUT2D eigenvalue weighted by molar-refractivity contribution is 5.91. The van der Waals surface area contributed by atoms with Crippen LogP contribution >= 0.6 is 12.4 Å². The van der Waals surface area contributed by atoms with Crippen molar-refractivity contribution < 1.29 is 13.9 Å². The van der Waals surface area contributed by atoms with E-state index in [-0.39, 0.29) is 18.4 Å². The summed E-state index contributed by atoms with van der Waals surface area (Å²) >= 11 is 0. The van der Waals surface area contributed by atoms with Crippen molar-refractivity contribution in [3.8, 4) is 5.75 Å². The predicted molar refractivity (Wildman–Crippen MR) is 129 cm³/mol. The molecule has 0 N–H and O–H groups in total. The fourth-order valence-electron chi connectivity index (χ4n) is 4.38. The van der Waals surface area contributed by atoms with Crippen LogP contribution in [0.2, 0.25) is 0 Å². The van der Waals surface area contributed by atoms with Crippen molar-refractivity contribution in [2.45, 2.75) is 25.3 Å². The molecular weight excluding hydrogens is 422 g/mol. The first-order chi connectivity index (χ1) is 15.2. The van der Waals surface area contributed by atoms with Gasteiger partial charge in [-0.1, -0.05) is 48.5 Å². The van der Waals surface area contributed by atoms with Crippen LogP contribution in [0, 0.1) is 0 Å². The number of benzene rings is 3. The van der Waals surface area contributed by atoms with Crippen molar-refractivity contribution in [1.29, 1.82) is 0 Å². The summed E-state index contributed by atoms with van der Waals surface area (Å²) in [6, 6.07) is 27.3. The minimum atomic E-state index is -0.326. The number of piperidine rings is 1. The van der Waals surface area contributed by atoms with Crippen LogP contribution in [-0.2, 0) is 6.54 Å². The zero-order valence-corrected chi connectivity index (χ0v) is 18.6. The standard InChI is InChI=1S/C27H25NO3.ClH/c29-27(20-8-2-1-3-9-20)31-24-13-6-11-21(16-24)23-12-7-15-28(18-23)19-25-17-22-10-4-5-14-26(22)30-25;/h1-6,8-11,13-14,16-17,23H,7,12,15,18-19H2;1H. The molecule has 0 spiro atoms. The fraction of sp³-hybridized carbons (Fsp3) is 0.222. The van der Waals surface area contributed by atoms with Crippen LogP contribution in [0.4, 0.5) is 0 Å². The van der Waals surface area contributed by atoms with Gasteiger partial charge in [0.1, 0.15) is 17.1 Å². The van der Waals surface area contributed by atoms with Crippen molar-refractivity contribution in [1.82, 2.24) is 4.90 Å². The third-order valence-electron chi connectivity index (χ3n) is 5.91. The Morgan fingerprint density at radius 1 is 0.969 bits per heavy atom. The Hall–Kier alpha value is -3.08. The molecule has 0 aliphatic carbocycles. The van der Waals surface area contributed by atoms with Crippen LogP contribution < -0.4 is 4.74 Å². The number of fused-ring (bicyclic) bond motifs is 1. The van der Waals surface area contributed by atoms with Gasteiger partial charge in [0.25, 0.3) is 0 Å². The van der Waals surface area contributed by atoms with E-state index in [1.54, 1.807) is 12.1 Å². The highest BCUT2D eigenvalue weighted by Gasteiger charge is 2.23. The van der Waals surface area contributed by atoms with Gasteiger partial charge in [-0.3, -0.25) is 4.90 Å². The number of likely N-dealkylation sites (tertiary alicyclic amines) is 1. The lowest BCUT2D eigenvalue weighted by Gasteiger charge is -2.32. The van der Waals surface area contributed by atoms with Gasteiger partial charge in [0, 0.05) is 11.9 Å². The molecule has 164 valence electrons. The molecule has 0 saturated carbocycles. The second-order valence-corrected chi connectivity index (χ2v) is 8.15. The maximum atomic E-state index is 12.4. The molecular formula is C27H26ClNO3. The quantitative estimate of drug-likeness (QED) is 0.260. The van der Waals surface area contributed by atoms with E-state index in [1.165, 1.54) is 5.56 Å². The number of carbonyl (C=O) groups is 1. The molecule has 5 heteroatoms. The average molecular weight is 448 g/mol. The Morgan fingerprint density at radius 2 is 1.78 bits per heavy atom. The normalized spacial score (nSPS) is 16.4. The van der Waals surface area contributed by atoms with Gasteiger partial charge in [-0.15, -0.1) is 12.4 Å². The maximum absolute atomic E-state index is 12.4. The third-order valence-corrected chi connectivity index (χ3v) is 5.91. The van der Waals surface area contributed by atoms with Crippen LogP contribution in [0.1, 0.15) is 40.4 Å². The van der Waals surface area contributed by atoms with Crippen molar-refractivity contribution >= 4 is 29.3 Å². The second kappa shape index (κ2) is 10.0. The topological polar surface area (TPSA) is 42.7 Å². The Kier molecular flexibility index (Phi) is 6.93. The zero-order valence-electron chi connectivity index (χ0n) is 17.8. The van der Waals surface area contributed by atoms with E-state index in [9.17, 15) is 4.79 Å². The Morgan fingerprint density at radius 3 is 2.62 bits per heavy atom. The molecule has 1 aromatic heterocycles. The largest absolute Gasteiger partial charge is 0.460 e. The summed E-state index contributed by atoms with van der Waals surface area (Å²) < 4.78 is 11.6. The molecule has 1 aliphatic heterocycles. The molecule has 3 aromatic carbocycles. The number of furan rings is 1. The molecule has 0 amide bonds. The number of carbonyl (C=O) groups excluding carboxylic acids is 1. The molecule has 0 radical (unpaired) electrons. The molecule has 4 nitrogen and oxygen atoms in total. The van der Waals surface area contributed by atoms with Gasteiger partial charge >= 0.3 is 5.97 Å². The lowest BCUT2D eigenvalue weighted by atomic mass is 9.90. The summed E-state index contributed by atoms with van der Waals surface area (Å²) in [5.74, 6) is 1.69. The number of halogens is 1. The van der Waals surface area contributed by atoms with Crippen LogP contribution in [0.25, 0.3) is 11.0 Å². The first kappa shape index (κ1) is 22.1. The molecule has 0 bridgehead atoms. The van der Waals surface area contributed by atoms with Gasteiger partial charge in [0.05, 0.1) is 12.1 Å². The molecule has 1 atom stereocenters. The first-order valence-corrected chi connectivity index (χ1v) is 10.8. The third kappa shape index (κ3) is 5.04. The number of rotatable bonds is 5. The number of hydrogen-bond acceptors (Lipinski definition) is 4. The van der Waals surface area contributed by atoms with E-state index in [2.05, 4.69) is 23.1 Å². The van der Waals surface area contributed by atoms with E-state index in [0.29, 0.717) is 17.2 Å². The van der Waals surface area contributed by atoms with E-state index in [1.807, 2.05) is 54.6 Å². The van der Waals surface area contributed by atoms with Gasteiger partial charge in [-0.25, -0.2) is 4.79 Å². The highest BCUT2D eigenvalue weighted by Crippen LogP contribution is 2.30. The number of hydrogen-bond donors (Lipinski definition) is 0. The summed E-state index contributed by atoms with van der Waals surface area (Å²) in [5.41, 5.74) is 2.72. The van der Waals surface area contributed by atoms with Crippen molar-refractivity contribution in [3.05, 3.63) is 102 Å². The van der Waals surface area contributed by atoms with E-state index < -0.39 is 0 Å². The predicted octanol–water partition coefficient (Wildman–Crippen LogP) is 6.45. The van der Waals surface area contributed by atoms with Crippen LogP contribution in [0.5, 0.6) is 5.75 Å². The summed E-state index contributed by atoms with van der Waals surface area (Å²) in [6.07, 6.45) is 2.27. The maximum Gasteiger partial charge on any atom is 0.343 e. The molecule has 1 fully saturated rings. The number of para-hydroxylation sites is 1. The van der Waals surface area contributed by atoms with Gasteiger partial charge < -0.3 is 9.15 Å². The molecule has 32 heavy (non-hydrogen) atoms. The molecule has 1 aliphatic rings. The lowest BCUT2D eigenvalue weighted by Crippen LogP contribution is -2.33. The number of esters is 1. The van der Waals surface area contributed by atoms with E-state index in [4.69, 9.17) is 9.15 Å². The molecule has 4 aromatic rings. The smallest absolute Gasteiger partial charge is 0.343 e. The molecule has 1 saturated heterocycles. The second-order valence-electron chi connectivity index (χ2n) is 8.15. The van der Waals surface area contributed by atoms with Crippen molar-refractivity contribution in [2.24, 2.45) is 0 Å². The van der Waals surface area contributed by atoms with Gasteiger partial charge in [-0.05, 0) is 67.3 Å². The first-order valence-electron chi connectivity index (χ1n) is 10.8. The summed E-state index contributed by atoms with van der Waals surface area (Å²) in [6.45, 7) is 2.84. The number of ether oxygens (including phenoxy) is 1. The van der Waals surface area contributed by atoms with Crippen LogP contribution in [0.3, 0.4) is 0 Å².